The third-order valence-corrected chi connectivity index (χ3v) is 20.7. The summed E-state index contributed by atoms with van der Waals surface area (Å²) in [6, 6.07) is 0. The van der Waals surface area contributed by atoms with Crippen molar-refractivity contribution in [1.29, 1.82) is 0 Å². The highest BCUT2D eigenvalue weighted by Gasteiger charge is 2.76. The standard InChI is InChI=1S/C23H33F3O4.C23H33FO5.C6H14F3NO2S/c1-13(27)29-15-7-10-21(4)18-8-9-20(3)17(5-6-19(20)30-14(2)28)16(18)12-23(25,26)22(21,24)11-15;1-13(25)28-15-7-10-22(4)18-8-9-21(3)17(5-6-20(21)29-14(2)26)16(18)11-19(27)23(22,24)12-15;1-11-5-3-10(4-6-12-2)13(7,8)9/h15-19H,5-12H2,1-4H3;15-18,20H,5-12H2,1-4H3;3-6H2,1-2H3/t15-,16+,17?,18?,19+,20+,21-,22-;15-,16+,17?,18?,20+,21+,22-,23+;/m11./s1. The predicted octanol–water partition coefficient (Wildman–Crippen LogP) is 11.3. The molecule has 20 heteroatoms. The monoisotopic (exact) mass is 1060 g/mol. The number of hydrogen-bond acceptors (Lipinski definition) is 12. The van der Waals surface area contributed by atoms with E-state index >= 15 is 17.6 Å². The summed E-state index contributed by atoms with van der Waals surface area (Å²) < 4.78 is 132. The molecule has 0 bridgehead atoms. The van der Waals surface area contributed by atoms with Gasteiger partial charge in [0, 0.05) is 102 Å². The van der Waals surface area contributed by atoms with Gasteiger partial charge in [-0.15, -0.1) is 11.7 Å². The molecule has 12 nitrogen and oxygen atoms in total. The van der Waals surface area contributed by atoms with Crippen LogP contribution in [0.15, 0.2) is 0 Å². The predicted molar refractivity (Wildman–Crippen MR) is 253 cm³/mol. The summed E-state index contributed by atoms with van der Waals surface area (Å²) >= 11 is -5.14. The normalized spacial score (nSPS) is 42.7. The Balaban J connectivity index is 0.000000191. The fraction of sp³-hybridized carbons (Fsp3) is 0.904. The molecule has 72 heavy (non-hydrogen) atoms. The largest absolute Gasteiger partial charge is 0.462 e. The lowest BCUT2D eigenvalue weighted by Crippen LogP contribution is -2.69. The van der Waals surface area contributed by atoms with Gasteiger partial charge in [-0.25, -0.2) is 17.6 Å². The van der Waals surface area contributed by atoms with E-state index in [0.717, 1.165) is 38.5 Å². The number of ether oxygens (including phenoxy) is 6. The number of fused-ring (bicyclic) bond motifs is 10. The first-order valence-electron chi connectivity index (χ1n) is 26.0. The molecule has 0 amide bonds. The van der Waals surface area contributed by atoms with Crippen LogP contribution in [0, 0.1) is 57.2 Å². The van der Waals surface area contributed by atoms with Crippen molar-refractivity contribution in [3.63, 3.8) is 0 Å². The number of Topliss-reactive ketones (excluding diaryl/α,β-unsaturated/α-hetero) is 1. The number of ketones is 1. The minimum atomic E-state index is -5.14. The Morgan fingerprint density at radius 2 is 0.986 bits per heavy atom. The van der Waals surface area contributed by atoms with E-state index in [-0.39, 0.29) is 122 Å². The van der Waals surface area contributed by atoms with Gasteiger partial charge < -0.3 is 28.4 Å². The van der Waals surface area contributed by atoms with Crippen LogP contribution < -0.4 is 0 Å². The molecule has 0 aromatic rings. The Morgan fingerprint density at radius 1 is 0.556 bits per heavy atom. The summed E-state index contributed by atoms with van der Waals surface area (Å²) in [4.78, 5) is 59.0. The van der Waals surface area contributed by atoms with Crippen LogP contribution in [0.3, 0.4) is 0 Å². The quantitative estimate of drug-likeness (QED) is 0.110. The number of alkyl halides is 4. The van der Waals surface area contributed by atoms with E-state index < -0.39 is 76.5 Å². The summed E-state index contributed by atoms with van der Waals surface area (Å²) in [7, 11) is 2.75. The van der Waals surface area contributed by atoms with Gasteiger partial charge in [0.05, 0.1) is 13.2 Å². The number of carbonyl (C=O) groups is 5. The molecule has 0 N–H and O–H groups in total. The van der Waals surface area contributed by atoms with Crippen molar-refractivity contribution in [1.82, 2.24) is 4.31 Å². The number of halogens is 7. The number of rotatable bonds is 11. The van der Waals surface area contributed by atoms with Gasteiger partial charge in [-0.1, -0.05) is 27.7 Å². The molecule has 0 heterocycles. The summed E-state index contributed by atoms with van der Waals surface area (Å²) in [6.45, 7) is 13.2. The van der Waals surface area contributed by atoms with E-state index in [9.17, 15) is 35.6 Å². The third kappa shape index (κ3) is 10.8. The first-order valence-corrected chi connectivity index (χ1v) is 27.3. The van der Waals surface area contributed by atoms with Gasteiger partial charge in [0.1, 0.15) is 24.4 Å². The van der Waals surface area contributed by atoms with Gasteiger partial charge in [-0.3, -0.25) is 24.0 Å². The topological polar surface area (TPSA) is 144 Å². The van der Waals surface area contributed by atoms with Gasteiger partial charge in [-0.05, 0) is 113 Å². The van der Waals surface area contributed by atoms with Gasteiger partial charge in [-0.2, -0.15) is 4.31 Å². The van der Waals surface area contributed by atoms with Crippen molar-refractivity contribution in [2.45, 2.75) is 200 Å². The van der Waals surface area contributed by atoms with E-state index in [4.69, 9.17) is 18.9 Å². The van der Waals surface area contributed by atoms with Crippen molar-refractivity contribution in [3.05, 3.63) is 0 Å². The maximum absolute atomic E-state index is 16.3. The smallest absolute Gasteiger partial charge is 0.302 e. The Morgan fingerprint density at radius 3 is 1.43 bits per heavy atom. The number of hydrogen-bond donors (Lipinski definition) is 0. The Hall–Kier alpha value is -2.71. The van der Waals surface area contributed by atoms with E-state index in [2.05, 4.69) is 23.3 Å². The molecule has 0 radical (unpaired) electrons. The Kier molecular flexibility index (Phi) is 17.7. The third-order valence-electron chi connectivity index (χ3n) is 19.7. The number of esters is 4. The minimum absolute atomic E-state index is 0.000886. The molecule has 8 aliphatic carbocycles. The Bertz CT molecular complexity index is 1990. The summed E-state index contributed by atoms with van der Waals surface area (Å²) in [6.07, 6.45) is 5.84. The zero-order chi connectivity index (χ0) is 53.6. The number of carbonyl (C=O) groups excluding carboxylic acids is 5. The van der Waals surface area contributed by atoms with Crippen LogP contribution in [-0.4, -0.2) is 116 Å². The van der Waals surface area contributed by atoms with E-state index in [1.807, 2.05) is 6.92 Å². The average molecular weight is 1060 g/mol. The lowest BCUT2D eigenvalue weighted by molar-refractivity contribution is -0.295. The van der Waals surface area contributed by atoms with Crippen molar-refractivity contribution in [2.24, 2.45) is 57.2 Å². The lowest BCUT2D eigenvalue weighted by atomic mass is 9.43. The Labute approximate surface area is 423 Å². The van der Waals surface area contributed by atoms with Crippen LogP contribution in [-0.2, 0) is 52.4 Å². The highest BCUT2D eigenvalue weighted by atomic mass is 32.3. The molecule has 8 aliphatic rings. The molecule has 0 aromatic heterocycles. The summed E-state index contributed by atoms with van der Waals surface area (Å²) in [5, 5.41) is 0. The summed E-state index contributed by atoms with van der Waals surface area (Å²) in [5.41, 5.74) is -6.93. The van der Waals surface area contributed by atoms with Crippen LogP contribution in [0.5, 0.6) is 0 Å². The SMILES string of the molecule is CC(=O)O[C@@H]1CC[C@]2(C)C3CC[C@@]4(C)C(CC[C@@H]4OC(C)=O)[C@@H]3CC(=O)[C@@]2(F)C1.CC(=O)O[C@@H]1CC[C@]2(C)C3CC[C@@]4(C)C(CC[C@@H]4OC(C)=O)[C@@H]3CC(F)(F)[C@@]2(F)C1.COCCN(CCOC)S(F)(F)F. The van der Waals surface area contributed by atoms with Gasteiger partial charge in [0.15, 0.2) is 17.1 Å². The molecule has 8 fully saturated rings. The number of methoxy groups -OCH3 is 2. The maximum atomic E-state index is 16.3. The first-order chi connectivity index (χ1) is 33.4. The second-order valence-corrected chi connectivity index (χ2v) is 24.7. The number of nitrogens with zero attached hydrogens (tertiary/aromatic N) is 1. The van der Waals surface area contributed by atoms with Crippen LogP contribution in [0.2, 0.25) is 0 Å². The fourth-order valence-electron chi connectivity index (χ4n) is 16.2. The van der Waals surface area contributed by atoms with Crippen molar-refractivity contribution in [3.8, 4) is 0 Å². The zero-order valence-corrected chi connectivity index (χ0v) is 44.7. The molecule has 0 aromatic carbocycles. The van der Waals surface area contributed by atoms with E-state index in [1.165, 1.54) is 41.9 Å². The minimum Gasteiger partial charge on any atom is -0.462 e. The highest BCUT2D eigenvalue weighted by Crippen LogP contribution is 2.72. The summed E-state index contributed by atoms with van der Waals surface area (Å²) in [5.74, 6) is -5.25. The van der Waals surface area contributed by atoms with E-state index in [1.54, 1.807) is 6.92 Å². The fourth-order valence-corrected chi connectivity index (χ4v) is 16.8. The molecule has 8 rings (SSSR count). The molecule has 16 atom stereocenters. The highest BCUT2D eigenvalue weighted by molar-refractivity contribution is 8.18. The van der Waals surface area contributed by atoms with Crippen LogP contribution in [0.4, 0.5) is 29.2 Å². The van der Waals surface area contributed by atoms with Gasteiger partial charge in [0.2, 0.25) is 0 Å². The molecule has 414 valence electrons. The zero-order valence-electron chi connectivity index (χ0n) is 43.9. The van der Waals surface area contributed by atoms with E-state index in [0.29, 0.717) is 36.4 Å². The first kappa shape index (κ1) is 58.5. The second kappa shape index (κ2) is 21.7. The van der Waals surface area contributed by atoms with Crippen molar-refractivity contribution in [2.75, 3.05) is 40.5 Å². The molecular weight excluding hydrogens is 980 g/mol. The molecule has 0 spiro atoms. The van der Waals surface area contributed by atoms with Crippen molar-refractivity contribution < 1.29 is 81.6 Å². The lowest BCUT2D eigenvalue weighted by Gasteiger charge is -2.64. The molecule has 0 saturated heterocycles. The van der Waals surface area contributed by atoms with Crippen molar-refractivity contribution >= 4 is 41.0 Å². The molecule has 8 saturated carbocycles. The maximum Gasteiger partial charge on any atom is 0.302 e. The molecule has 0 aliphatic heterocycles. The van der Waals surface area contributed by atoms with Crippen LogP contribution in [0.1, 0.15) is 158 Å². The molecule has 4 unspecified atom stereocenters. The van der Waals surface area contributed by atoms with Crippen LogP contribution in [0.25, 0.3) is 0 Å². The average Bonchev–Trinajstić information content (AvgIpc) is 3.77. The second-order valence-electron chi connectivity index (χ2n) is 23.4. The van der Waals surface area contributed by atoms with Crippen LogP contribution >= 0.6 is 11.4 Å². The van der Waals surface area contributed by atoms with Gasteiger partial charge >= 0.3 is 23.9 Å². The van der Waals surface area contributed by atoms with Gasteiger partial charge in [0.25, 0.3) is 17.3 Å². The molecular formula is C52H80F7NO11S.